The first-order valence-corrected chi connectivity index (χ1v) is 5.32. The summed E-state index contributed by atoms with van der Waals surface area (Å²) in [5.74, 6) is 1.45. The topological polar surface area (TPSA) is 38.9 Å². The van der Waals surface area contributed by atoms with Gasteiger partial charge in [-0.3, -0.25) is 0 Å². The van der Waals surface area contributed by atoms with Gasteiger partial charge in [0.1, 0.15) is 5.82 Å². The third-order valence-corrected chi connectivity index (χ3v) is 3.70. The largest absolute Gasteiger partial charge is 0.383 e. The van der Waals surface area contributed by atoms with E-state index in [1.54, 1.807) is 11.3 Å². The van der Waals surface area contributed by atoms with E-state index in [4.69, 9.17) is 5.73 Å². The van der Waals surface area contributed by atoms with Gasteiger partial charge in [0.25, 0.3) is 0 Å². The van der Waals surface area contributed by atoms with Gasteiger partial charge in [-0.25, -0.2) is 4.98 Å². The first-order chi connectivity index (χ1) is 5.77. The predicted octanol–water partition coefficient (Wildman–Crippen LogP) is 2.69. The molecule has 3 heteroatoms. The summed E-state index contributed by atoms with van der Waals surface area (Å²) in [6.45, 7) is 2.05. The van der Waals surface area contributed by atoms with E-state index in [9.17, 15) is 0 Å². The van der Waals surface area contributed by atoms with Crippen LogP contribution in [-0.2, 0) is 0 Å². The molecule has 1 aliphatic carbocycles. The van der Waals surface area contributed by atoms with Crippen LogP contribution in [0, 0.1) is 6.92 Å². The molecule has 0 unspecified atom stereocenters. The number of hydrogen-bond donors (Lipinski definition) is 1. The molecule has 2 N–H and O–H groups in total. The lowest BCUT2D eigenvalue weighted by Gasteiger charge is -2.01. The number of rotatable bonds is 1. The Hall–Kier alpha value is -0.570. The van der Waals surface area contributed by atoms with E-state index < -0.39 is 0 Å². The molecule has 1 aromatic rings. The van der Waals surface area contributed by atoms with E-state index in [0.717, 1.165) is 5.82 Å². The maximum absolute atomic E-state index is 5.71. The minimum atomic E-state index is 0.714. The Morgan fingerprint density at radius 3 is 2.58 bits per heavy atom. The molecule has 12 heavy (non-hydrogen) atoms. The lowest BCUT2D eigenvalue weighted by molar-refractivity contribution is 0.717. The minimum Gasteiger partial charge on any atom is -0.383 e. The zero-order chi connectivity index (χ0) is 8.55. The van der Waals surface area contributed by atoms with Crippen molar-refractivity contribution in [1.29, 1.82) is 0 Å². The zero-order valence-corrected chi connectivity index (χ0v) is 8.16. The van der Waals surface area contributed by atoms with Crippen LogP contribution in [0.4, 0.5) is 5.82 Å². The van der Waals surface area contributed by atoms with Crippen LogP contribution in [0.15, 0.2) is 0 Å². The van der Waals surface area contributed by atoms with Gasteiger partial charge in [0.15, 0.2) is 0 Å². The summed E-state index contributed by atoms with van der Waals surface area (Å²) in [7, 11) is 0. The number of aromatic nitrogens is 1. The lowest BCUT2D eigenvalue weighted by Crippen LogP contribution is -1.92. The second kappa shape index (κ2) is 3.05. The van der Waals surface area contributed by atoms with Crippen molar-refractivity contribution in [3.05, 3.63) is 9.88 Å². The molecule has 0 aliphatic heterocycles. The number of thiazole rings is 1. The van der Waals surface area contributed by atoms with Gasteiger partial charge in [-0.05, 0) is 19.8 Å². The van der Waals surface area contributed by atoms with Gasteiger partial charge in [-0.1, -0.05) is 12.8 Å². The molecule has 0 spiro atoms. The van der Waals surface area contributed by atoms with Crippen LogP contribution < -0.4 is 5.73 Å². The van der Waals surface area contributed by atoms with Crippen LogP contribution in [0.5, 0.6) is 0 Å². The number of nitrogen functional groups attached to an aromatic ring is 1. The van der Waals surface area contributed by atoms with Crippen LogP contribution in [0.1, 0.15) is 41.5 Å². The van der Waals surface area contributed by atoms with Crippen molar-refractivity contribution in [2.75, 3.05) is 5.73 Å². The molecular formula is C9H14N2S. The van der Waals surface area contributed by atoms with Gasteiger partial charge in [0, 0.05) is 10.8 Å². The molecule has 1 saturated carbocycles. The first kappa shape index (κ1) is 8.05. The van der Waals surface area contributed by atoms with Crippen LogP contribution in [-0.4, -0.2) is 4.98 Å². The zero-order valence-electron chi connectivity index (χ0n) is 7.34. The van der Waals surface area contributed by atoms with E-state index in [-0.39, 0.29) is 0 Å². The highest BCUT2D eigenvalue weighted by molar-refractivity contribution is 7.12. The maximum Gasteiger partial charge on any atom is 0.137 e. The van der Waals surface area contributed by atoms with Gasteiger partial charge >= 0.3 is 0 Å². The fourth-order valence-corrected chi connectivity index (χ4v) is 2.79. The molecule has 1 aromatic heterocycles. The number of hydrogen-bond acceptors (Lipinski definition) is 3. The summed E-state index contributed by atoms with van der Waals surface area (Å²) in [6, 6.07) is 0. The monoisotopic (exact) mass is 182 g/mol. The molecule has 66 valence electrons. The fourth-order valence-electron chi connectivity index (χ4n) is 1.78. The number of aryl methyl sites for hydroxylation is 1. The molecule has 0 atom stereocenters. The smallest absolute Gasteiger partial charge is 0.137 e. The Morgan fingerprint density at radius 2 is 2.08 bits per heavy atom. The van der Waals surface area contributed by atoms with Gasteiger partial charge < -0.3 is 5.73 Å². The molecule has 0 radical (unpaired) electrons. The summed E-state index contributed by atoms with van der Waals surface area (Å²) >= 11 is 1.78. The quantitative estimate of drug-likeness (QED) is 0.725. The highest BCUT2D eigenvalue weighted by Gasteiger charge is 2.20. The molecule has 1 heterocycles. The Balaban J connectivity index is 2.21. The highest BCUT2D eigenvalue weighted by atomic mass is 32.1. The Bertz CT molecular complexity index is 255. The molecular weight excluding hydrogens is 168 g/mol. The van der Waals surface area contributed by atoms with Gasteiger partial charge in [-0.15, -0.1) is 11.3 Å². The van der Waals surface area contributed by atoms with Crippen molar-refractivity contribution in [2.45, 2.75) is 38.5 Å². The molecule has 2 nitrogen and oxygen atoms in total. The Kier molecular flexibility index (Phi) is 2.05. The van der Waals surface area contributed by atoms with Crippen molar-refractivity contribution in [1.82, 2.24) is 4.98 Å². The van der Waals surface area contributed by atoms with E-state index >= 15 is 0 Å². The van der Waals surface area contributed by atoms with Crippen molar-refractivity contribution in [3.63, 3.8) is 0 Å². The summed E-state index contributed by atoms with van der Waals surface area (Å²) in [5, 5.41) is 1.27. The van der Waals surface area contributed by atoms with Gasteiger partial charge in [0.2, 0.25) is 0 Å². The summed E-state index contributed by atoms with van der Waals surface area (Å²) in [5.41, 5.74) is 5.71. The van der Waals surface area contributed by atoms with Gasteiger partial charge in [0.05, 0.1) is 5.01 Å². The van der Waals surface area contributed by atoms with Crippen molar-refractivity contribution < 1.29 is 0 Å². The Morgan fingerprint density at radius 1 is 1.42 bits per heavy atom. The highest BCUT2D eigenvalue weighted by Crippen LogP contribution is 2.37. The summed E-state index contributed by atoms with van der Waals surface area (Å²) in [6.07, 6.45) is 5.35. The third kappa shape index (κ3) is 1.33. The second-order valence-electron chi connectivity index (χ2n) is 3.47. The maximum atomic E-state index is 5.71. The van der Waals surface area contributed by atoms with Crippen LogP contribution >= 0.6 is 11.3 Å². The first-order valence-electron chi connectivity index (χ1n) is 4.50. The second-order valence-corrected chi connectivity index (χ2v) is 4.71. The van der Waals surface area contributed by atoms with Crippen molar-refractivity contribution in [2.24, 2.45) is 0 Å². The number of nitrogens with two attached hydrogens (primary N) is 1. The van der Waals surface area contributed by atoms with Crippen molar-refractivity contribution >= 4 is 17.2 Å². The third-order valence-electron chi connectivity index (χ3n) is 2.55. The van der Waals surface area contributed by atoms with E-state index in [1.807, 2.05) is 6.92 Å². The lowest BCUT2D eigenvalue weighted by atomic mass is 10.1. The number of anilines is 1. The minimum absolute atomic E-state index is 0.714. The SMILES string of the molecule is Cc1sc(C2CCCC2)nc1N. The molecule has 1 fully saturated rings. The summed E-state index contributed by atoms with van der Waals surface area (Å²) in [4.78, 5) is 5.57. The van der Waals surface area contributed by atoms with E-state index in [1.165, 1.54) is 35.6 Å². The predicted molar refractivity (Wildman–Crippen MR) is 52.5 cm³/mol. The standard InChI is InChI=1S/C9H14N2S/c1-6-8(10)11-9(12-6)7-4-2-3-5-7/h7H,2-5,10H2,1H3. The molecule has 0 aromatic carbocycles. The van der Waals surface area contributed by atoms with E-state index in [2.05, 4.69) is 4.98 Å². The fraction of sp³-hybridized carbons (Fsp3) is 0.667. The average Bonchev–Trinajstić information content (AvgIpc) is 2.61. The van der Waals surface area contributed by atoms with Crippen LogP contribution in [0.25, 0.3) is 0 Å². The average molecular weight is 182 g/mol. The normalized spacial score (nSPS) is 18.8. The van der Waals surface area contributed by atoms with E-state index in [0.29, 0.717) is 5.92 Å². The molecule has 0 bridgehead atoms. The van der Waals surface area contributed by atoms with Crippen molar-refractivity contribution in [3.8, 4) is 0 Å². The molecule has 1 aliphatic rings. The summed E-state index contributed by atoms with van der Waals surface area (Å²) < 4.78 is 0. The molecule has 2 rings (SSSR count). The van der Waals surface area contributed by atoms with Crippen LogP contribution in [0.3, 0.4) is 0 Å². The Labute approximate surface area is 76.8 Å². The number of nitrogens with zero attached hydrogens (tertiary/aromatic N) is 1. The molecule has 0 amide bonds. The molecule has 0 saturated heterocycles. The van der Waals surface area contributed by atoms with Gasteiger partial charge in [-0.2, -0.15) is 0 Å². The van der Waals surface area contributed by atoms with Crippen LogP contribution in [0.2, 0.25) is 0 Å².